The van der Waals surface area contributed by atoms with Gasteiger partial charge in [-0.15, -0.1) is 10.2 Å². The molecule has 3 atom stereocenters. The lowest BCUT2D eigenvalue weighted by molar-refractivity contribution is -0.122. The van der Waals surface area contributed by atoms with Gasteiger partial charge in [0.15, 0.2) is 5.65 Å². The van der Waals surface area contributed by atoms with Crippen LogP contribution in [-0.4, -0.2) is 98.9 Å². The van der Waals surface area contributed by atoms with Gasteiger partial charge in [0.1, 0.15) is 30.0 Å². The number of carboxylic acid groups (broad SMARTS) is 1. The predicted molar refractivity (Wildman–Crippen MR) is 226 cm³/mol. The van der Waals surface area contributed by atoms with Crippen molar-refractivity contribution >= 4 is 29.9 Å². The van der Waals surface area contributed by atoms with Crippen molar-refractivity contribution in [1.82, 2.24) is 34.6 Å². The van der Waals surface area contributed by atoms with Crippen molar-refractivity contribution in [2.45, 2.75) is 89.8 Å². The SMILES string of the molecule is CC1CCCCN1c1nnc2ccc(O[C@@H]3CC[C@H](NC(=O)Nc4cc(C(C)(C)C)nn4-c4cccc(OCCN5CCCOCC5)c4)c4ccccc43)cn12.O=CO. The van der Waals surface area contributed by atoms with Crippen LogP contribution >= 0.6 is 0 Å². The van der Waals surface area contributed by atoms with Crippen LogP contribution in [0, 0.1) is 0 Å². The third-order valence-electron chi connectivity index (χ3n) is 11.2. The van der Waals surface area contributed by atoms with Crippen LogP contribution in [0.5, 0.6) is 11.5 Å². The molecule has 8 rings (SSSR count). The number of anilines is 2. The Balaban J connectivity index is 0.00000171. The third-order valence-corrected chi connectivity index (χ3v) is 11.2. The van der Waals surface area contributed by atoms with Gasteiger partial charge in [0, 0.05) is 56.4 Å². The number of fused-ring (bicyclic) bond motifs is 2. The number of piperidine rings is 1. The molecule has 3 N–H and O–H groups in total. The Hall–Kier alpha value is -5.67. The zero-order valence-corrected chi connectivity index (χ0v) is 34.5. The molecule has 2 fully saturated rings. The molecule has 5 aromatic rings. The lowest BCUT2D eigenvalue weighted by atomic mass is 9.85. The summed E-state index contributed by atoms with van der Waals surface area (Å²) in [6, 6.07) is 21.9. The number of ether oxygens (including phenoxy) is 3. The highest BCUT2D eigenvalue weighted by atomic mass is 16.5. The first-order valence-corrected chi connectivity index (χ1v) is 20.8. The van der Waals surface area contributed by atoms with E-state index in [0.717, 1.165) is 117 Å². The molecule has 5 heterocycles. The van der Waals surface area contributed by atoms with E-state index in [9.17, 15) is 4.79 Å². The van der Waals surface area contributed by atoms with Crippen molar-refractivity contribution in [1.29, 1.82) is 0 Å². The zero-order valence-electron chi connectivity index (χ0n) is 34.5. The quantitative estimate of drug-likeness (QED) is 0.123. The van der Waals surface area contributed by atoms with Crippen LogP contribution in [0.15, 0.2) is 72.9 Å². The minimum atomic E-state index is -0.294. The molecule has 3 aliphatic rings. The zero-order chi connectivity index (χ0) is 41.4. The molecule has 0 radical (unpaired) electrons. The number of hydrogen-bond acceptors (Lipinski definition) is 10. The summed E-state index contributed by atoms with van der Waals surface area (Å²) in [7, 11) is 0. The average molecular weight is 808 g/mol. The maximum atomic E-state index is 13.8. The van der Waals surface area contributed by atoms with Gasteiger partial charge >= 0.3 is 6.03 Å². The summed E-state index contributed by atoms with van der Waals surface area (Å²) in [6.45, 7) is 14.3. The molecular weight excluding hydrogens is 751 g/mol. The number of benzene rings is 2. The number of urea groups is 1. The number of nitrogens with one attached hydrogen (secondary N) is 2. The Morgan fingerprint density at radius 3 is 2.58 bits per heavy atom. The van der Waals surface area contributed by atoms with Gasteiger partial charge in [-0.2, -0.15) is 5.10 Å². The van der Waals surface area contributed by atoms with Crippen LogP contribution in [0.2, 0.25) is 0 Å². The molecule has 15 heteroatoms. The lowest BCUT2D eigenvalue weighted by Crippen LogP contribution is -2.38. The highest BCUT2D eigenvalue weighted by molar-refractivity contribution is 5.89. The maximum absolute atomic E-state index is 13.8. The fourth-order valence-corrected chi connectivity index (χ4v) is 8.07. The van der Waals surface area contributed by atoms with Gasteiger partial charge in [-0.1, -0.05) is 51.1 Å². The van der Waals surface area contributed by atoms with Gasteiger partial charge in [0.2, 0.25) is 5.95 Å². The number of hydrogen-bond donors (Lipinski definition) is 3. The third kappa shape index (κ3) is 10.1. The molecule has 2 saturated heterocycles. The van der Waals surface area contributed by atoms with Crippen LogP contribution in [0.1, 0.15) is 95.2 Å². The van der Waals surface area contributed by atoms with Crippen molar-refractivity contribution in [3.8, 4) is 17.2 Å². The molecule has 0 spiro atoms. The number of aromatic nitrogens is 5. The summed E-state index contributed by atoms with van der Waals surface area (Å²) < 4.78 is 22.3. The number of rotatable bonds is 10. The second-order valence-electron chi connectivity index (χ2n) is 16.4. The van der Waals surface area contributed by atoms with Gasteiger partial charge in [-0.25, -0.2) is 9.48 Å². The van der Waals surface area contributed by atoms with Crippen LogP contribution < -0.4 is 25.0 Å². The van der Waals surface area contributed by atoms with Gasteiger partial charge in [0.25, 0.3) is 6.47 Å². The van der Waals surface area contributed by atoms with Gasteiger partial charge in [-0.05, 0) is 80.8 Å². The summed E-state index contributed by atoms with van der Waals surface area (Å²) >= 11 is 0. The monoisotopic (exact) mass is 807 g/mol. The fraction of sp³-hybridized carbons (Fsp3) is 0.477. The first-order valence-electron chi connectivity index (χ1n) is 20.8. The van der Waals surface area contributed by atoms with Gasteiger partial charge in [0.05, 0.1) is 30.2 Å². The predicted octanol–water partition coefficient (Wildman–Crippen LogP) is 7.17. The average Bonchev–Trinajstić information content (AvgIpc) is 3.75. The number of amides is 2. The van der Waals surface area contributed by atoms with Crippen LogP contribution in [0.3, 0.4) is 0 Å². The molecule has 0 bridgehead atoms. The molecule has 0 saturated carbocycles. The minimum absolute atomic E-state index is 0.165. The molecule has 2 amide bonds. The fourth-order valence-electron chi connectivity index (χ4n) is 8.07. The molecule has 1 aliphatic carbocycles. The largest absolute Gasteiger partial charge is 0.492 e. The van der Waals surface area contributed by atoms with Crippen molar-refractivity contribution in [2.75, 3.05) is 56.2 Å². The molecule has 15 nitrogen and oxygen atoms in total. The number of nitrogens with zero attached hydrogens (tertiary/aromatic N) is 7. The molecule has 1 unspecified atom stereocenters. The topological polar surface area (TPSA) is 161 Å². The molecule has 59 heavy (non-hydrogen) atoms. The van der Waals surface area contributed by atoms with Crippen molar-refractivity contribution < 1.29 is 28.9 Å². The van der Waals surface area contributed by atoms with E-state index in [1.54, 1.807) is 4.68 Å². The smallest absolute Gasteiger partial charge is 0.320 e. The number of carbonyl (C=O) groups is 2. The molecule has 314 valence electrons. The molecule has 3 aromatic heterocycles. The van der Waals surface area contributed by atoms with E-state index in [0.29, 0.717) is 18.5 Å². The summed E-state index contributed by atoms with van der Waals surface area (Å²) in [6.07, 6.45) is 7.89. The Morgan fingerprint density at radius 2 is 1.76 bits per heavy atom. The first-order chi connectivity index (χ1) is 28.6. The minimum Gasteiger partial charge on any atom is -0.492 e. The number of carbonyl (C=O) groups excluding carboxylic acids is 1. The Labute approximate surface area is 345 Å². The van der Waals surface area contributed by atoms with E-state index >= 15 is 0 Å². The van der Waals surface area contributed by atoms with Crippen molar-refractivity contribution in [3.63, 3.8) is 0 Å². The standard InChI is InChI=1S/C43H55N9O4.CH2O2/c1-30-11-7-8-21-50(30)42-47-46-39-19-16-33(29-51(39)42)56-37-18-17-36(34-14-5-6-15-35(34)37)44-41(53)45-40-28-38(43(2,3)4)48-52(40)31-12-9-13-32(27-31)55-26-23-49-20-10-24-54-25-22-49;2-1-3/h5-6,9,12-16,19,27-30,36-37H,7-8,10-11,17-18,20-26H2,1-4H3,(H2,44,45,53);1H,(H,2,3)/t30?,36-,37+;/m0./s1. The van der Waals surface area contributed by atoms with Crippen LogP contribution in [0.4, 0.5) is 16.6 Å². The lowest BCUT2D eigenvalue weighted by Gasteiger charge is -2.33. The highest BCUT2D eigenvalue weighted by Crippen LogP contribution is 2.39. The van der Waals surface area contributed by atoms with E-state index in [1.165, 1.54) is 6.42 Å². The summed E-state index contributed by atoms with van der Waals surface area (Å²) in [5, 5.41) is 27.2. The van der Waals surface area contributed by atoms with E-state index in [4.69, 9.17) is 29.2 Å². The Bertz CT molecular complexity index is 2170. The highest BCUT2D eigenvalue weighted by Gasteiger charge is 2.31. The van der Waals surface area contributed by atoms with E-state index in [-0.39, 0.29) is 30.1 Å². The maximum Gasteiger partial charge on any atom is 0.320 e. The second kappa shape index (κ2) is 18.9. The Morgan fingerprint density at radius 1 is 0.932 bits per heavy atom. The van der Waals surface area contributed by atoms with Gasteiger partial charge in [-0.3, -0.25) is 19.4 Å². The summed E-state index contributed by atoms with van der Waals surface area (Å²) in [4.78, 5) is 26.9. The van der Waals surface area contributed by atoms with Crippen LogP contribution in [0.25, 0.3) is 11.3 Å². The molecule has 2 aliphatic heterocycles. The van der Waals surface area contributed by atoms with Gasteiger partial charge < -0.3 is 29.5 Å². The van der Waals surface area contributed by atoms with E-state index in [2.05, 4.69) is 70.5 Å². The molecular formula is C44H57N9O6. The van der Waals surface area contributed by atoms with E-state index in [1.807, 2.05) is 65.2 Å². The summed E-state index contributed by atoms with van der Waals surface area (Å²) in [5.74, 6) is 2.97. The number of pyridine rings is 1. The second-order valence-corrected chi connectivity index (χ2v) is 16.4. The van der Waals surface area contributed by atoms with E-state index < -0.39 is 0 Å². The van der Waals surface area contributed by atoms with Crippen molar-refractivity contribution in [2.24, 2.45) is 0 Å². The van der Waals surface area contributed by atoms with Crippen LogP contribution in [-0.2, 0) is 14.9 Å². The Kier molecular flexibility index (Phi) is 13.3. The first kappa shape index (κ1) is 41.5. The molecule has 2 aromatic carbocycles. The normalized spacial score (nSPS) is 19.8. The summed E-state index contributed by atoms with van der Waals surface area (Å²) in [5.41, 5.74) is 4.37. The van der Waals surface area contributed by atoms with Crippen molar-refractivity contribution in [3.05, 3.63) is 89.7 Å².